The Morgan fingerprint density at radius 3 is 2.43 bits per heavy atom. The van der Waals surface area contributed by atoms with E-state index in [0.29, 0.717) is 11.8 Å². The molecule has 0 spiro atoms. The van der Waals surface area contributed by atoms with Crippen LogP contribution in [0, 0.1) is 5.92 Å². The Hall–Kier alpha value is -0.220. The maximum Gasteiger partial charge on any atom is 0.225 e. The van der Waals surface area contributed by atoms with E-state index in [-0.39, 0.29) is 28.7 Å². The molecule has 3 aliphatic rings. The van der Waals surface area contributed by atoms with Gasteiger partial charge in [0.25, 0.3) is 0 Å². The lowest BCUT2D eigenvalue weighted by Crippen LogP contribution is -2.52. The molecule has 2 saturated heterocycles. The molecule has 0 radical (unpaired) electrons. The van der Waals surface area contributed by atoms with Gasteiger partial charge in [0, 0.05) is 68.8 Å². The molecule has 1 aliphatic carbocycles. The van der Waals surface area contributed by atoms with E-state index in [1.165, 1.54) is 6.42 Å². The predicted octanol–water partition coefficient (Wildman–Crippen LogP) is 2.34. The first kappa shape index (κ1) is 24.1. The van der Waals surface area contributed by atoms with Crippen LogP contribution in [0.25, 0.3) is 0 Å². The van der Waals surface area contributed by atoms with Crippen molar-refractivity contribution in [1.29, 1.82) is 0 Å². The summed E-state index contributed by atoms with van der Waals surface area (Å²) in [5.41, 5.74) is 0. The monoisotopic (exact) mass is 523 g/mol. The Balaban J connectivity index is 0.00000280. The van der Waals surface area contributed by atoms with E-state index in [0.717, 1.165) is 83.5 Å². The average molecular weight is 524 g/mol. The van der Waals surface area contributed by atoms with Crippen molar-refractivity contribution in [2.75, 3.05) is 64.7 Å². The number of hydrogen-bond acceptors (Lipinski definition) is 4. The second-order valence-electron chi connectivity index (χ2n) is 8.56. The highest BCUT2D eigenvalue weighted by Gasteiger charge is 2.31. The lowest BCUT2D eigenvalue weighted by molar-refractivity contribution is -0.139. The summed E-state index contributed by atoms with van der Waals surface area (Å²) >= 11 is 2.05. The van der Waals surface area contributed by atoms with Crippen molar-refractivity contribution in [3.05, 3.63) is 0 Å². The number of halogens is 1. The van der Waals surface area contributed by atoms with Gasteiger partial charge in [-0.1, -0.05) is 6.42 Å². The van der Waals surface area contributed by atoms with Crippen molar-refractivity contribution < 1.29 is 4.79 Å². The molecule has 8 heteroatoms. The Kier molecular flexibility index (Phi) is 9.66. The largest absolute Gasteiger partial charge is 0.357 e. The Morgan fingerprint density at radius 2 is 1.86 bits per heavy atom. The molecule has 0 aromatic carbocycles. The second kappa shape index (κ2) is 11.2. The first-order chi connectivity index (χ1) is 13.0. The molecule has 0 aromatic rings. The molecule has 0 atom stereocenters. The summed E-state index contributed by atoms with van der Waals surface area (Å²) in [5, 5.41) is 3.47. The number of amides is 1. The number of piperazine rings is 1. The maximum atomic E-state index is 12.4. The van der Waals surface area contributed by atoms with Crippen molar-refractivity contribution in [1.82, 2.24) is 20.0 Å². The van der Waals surface area contributed by atoms with E-state index in [9.17, 15) is 4.79 Å². The molecule has 2 aliphatic heterocycles. The SMILES string of the molecule is CCNC(=NCCN1CCN(C(=O)C2CCC2)CC1)N1CCSC(C)(C)C1.I. The topological polar surface area (TPSA) is 51.2 Å². The first-order valence-corrected chi connectivity index (χ1v) is 11.7. The fourth-order valence-corrected chi connectivity index (χ4v) is 5.14. The van der Waals surface area contributed by atoms with Crippen LogP contribution in [0.15, 0.2) is 4.99 Å². The average Bonchev–Trinajstić information content (AvgIpc) is 2.59. The van der Waals surface area contributed by atoms with Gasteiger partial charge in [-0.2, -0.15) is 11.8 Å². The smallest absolute Gasteiger partial charge is 0.225 e. The first-order valence-electron chi connectivity index (χ1n) is 10.7. The van der Waals surface area contributed by atoms with Crippen LogP contribution in [-0.4, -0.2) is 96.0 Å². The van der Waals surface area contributed by atoms with E-state index in [1.807, 2.05) is 0 Å². The van der Waals surface area contributed by atoms with Gasteiger partial charge in [0.15, 0.2) is 5.96 Å². The third kappa shape index (κ3) is 6.65. The van der Waals surface area contributed by atoms with E-state index in [4.69, 9.17) is 4.99 Å². The zero-order valence-electron chi connectivity index (χ0n) is 17.8. The number of thioether (sulfide) groups is 1. The van der Waals surface area contributed by atoms with Crippen LogP contribution in [0.1, 0.15) is 40.0 Å². The third-order valence-corrected chi connectivity index (χ3v) is 7.17. The molecular weight excluding hydrogens is 485 g/mol. The number of nitrogens with zero attached hydrogens (tertiary/aromatic N) is 4. The molecule has 1 saturated carbocycles. The van der Waals surface area contributed by atoms with Gasteiger partial charge in [-0.3, -0.25) is 14.7 Å². The number of aliphatic imine (C=N–C) groups is 1. The van der Waals surface area contributed by atoms with Crippen molar-refractivity contribution in [3.63, 3.8) is 0 Å². The molecule has 0 bridgehead atoms. The zero-order chi connectivity index (χ0) is 19.3. The van der Waals surface area contributed by atoms with Crippen molar-refractivity contribution in [3.8, 4) is 0 Å². The second-order valence-corrected chi connectivity index (χ2v) is 10.4. The highest BCUT2D eigenvalue weighted by molar-refractivity contribution is 14.0. The van der Waals surface area contributed by atoms with E-state index >= 15 is 0 Å². The maximum absolute atomic E-state index is 12.4. The van der Waals surface area contributed by atoms with Crippen LogP contribution in [0.5, 0.6) is 0 Å². The van der Waals surface area contributed by atoms with Gasteiger partial charge < -0.3 is 15.1 Å². The summed E-state index contributed by atoms with van der Waals surface area (Å²) in [5.74, 6) is 2.95. The van der Waals surface area contributed by atoms with E-state index in [2.05, 4.69) is 52.5 Å². The van der Waals surface area contributed by atoms with Gasteiger partial charge >= 0.3 is 0 Å². The summed E-state index contributed by atoms with van der Waals surface area (Å²) in [4.78, 5) is 24.2. The summed E-state index contributed by atoms with van der Waals surface area (Å²) in [7, 11) is 0. The summed E-state index contributed by atoms with van der Waals surface area (Å²) < 4.78 is 0.289. The Bertz CT molecular complexity index is 533. The van der Waals surface area contributed by atoms with E-state index < -0.39 is 0 Å². The standard InChI is InChI=1S/C20H37N5OS.HI/c1-4-21-19(25-14-15-27-20(2,3)16-25)22-8-9-23-10-12-24(13-11-23)18(26)17-6-5-7-17;/h17H,4-16H2,1-3H3,(H,21,22);1H. The number of carbonyl (C=O) groups excluding carboxylic acids is 1. The van der Waals surface area contributed by atoms with Crippen LogP contribution in [0.3, 0.4) is 0 Å². The van der Waals surface area contributed by atoms with E-state index in [1.54, 1.807) is 0 Å². The third-order valence-electron chi connectivity index (χ3n) is 5.88. The van der Waals surface area contributed by atoms with Gasteiger partial charge in [-0.15, -0.1) is 24.0 Å². The summed E-state index contributed by atoms with van der Waals surface area (Å²) in [6, 6.07) is 0. The predicted molar refractivity (Wildman–Crippen MR) is 130 cm³/mol. The molecular formula is C20H38IN5OS. The summed E-state index contributed by atoms with van der Waals surface area (Å²) in [6.45, 7) is 15.3. The molecule has 0 unspecified atom stereocenters. The number of rotatable bonds is 5. The normalized spacial score (nSPS) is 23.8. The van der Waals surface area contributed by atoms with Crippen LogP contribution < -0.4 is 5.32 Å². The van der Waals surface area contributed by atoms with Crippen molar-refractivity contribution in [2.45, 2.75) is 44.8 Å². The molecule has 0 aromatic heterocycles. The van der Waals surface area contributed by atoms with Gasteiger partial charge in [0.05, 0.1) is 6.54 Å². The highest BCUT2D eigenvalue weighted by atomic mass is 127. The van der Waals surface area contributed by atoms with Gasteiger partial charge in [-0.25, -0.2) is 0 Å². The fourth-order valence-electron chi connectivity index (χ4n) is 4.03. The van der Waals surface area contributed by atoms with Crippen LogP contribution in [-0.2, 0) is 4.79 Å². The minimum atomic E-state index is 0. The highest BCUT2D eigenvalue weighted by Crippen LogP contribution is 2.29. The number of carbonyl (C=O) groups is 1. The minimum Gasteiger partial charge on any atom is -0.357 e. The van der Waals surface area contributed by atoms with Crippen LogP contribution >= 0.6 is 35.7 Å². The molecule has 1 amide bonds. The molecule has 3 rings (SSSR count). The molecule has 28 heavy (non-hydrogen) atoms. The van der Waals surface area contributed by atoms with Crippen LogP contribution in [0.2, 0.25) is 0 Å². The van der Waals surface area contributed by atoms with Crippen LogP contribution in [0.4, 0.5) is 0 Å². The zero-order valence-corrected chi connectivity index (χ0v) is 20.9. The minimum absolute atomic E-state index is 0. The number of nitrogens with one attached hydrogen (secondary N) is 1. The molecule has 162 valence electrons. The lowest BCUT2D eigenvalue weighted by atomic mass is 9.84. The fraction of sp³-hybridized carbons (Fsp3) is 0.900. The molecule has 6 nitrogen and oxygen atoms in total. The molecule has 3 fully saturated rings. The molecule has 1 N–H and O–H groups in total. The van der Waals surface area contributed by atoms with Crippen molar-refractivity contribution in [2.24, 2.45) is 10.9 Å². The quantitative estimate of drug-likeness (QED) is 0.341. The number of guanidine groups is 1. The molecule has 2 heterocycles. The van der Waals surface area contributed by atoms with Gasteiger partial charge in [0.2, 0.25) is 5.91 Å². The lowest BCUT2D eigenvalue weighted by Gasteiger charge is -2.39. The van der Waals surface area contributed by atoms with Gasteiger partial charge in [0.1, 0.15) is 0 Å². The van der Waals surface area contributed by atoms with Crippen molar-refractivity contribution >= 4 is 47.6 Å². The summed E-state index contributed by atoms with van der Waals surface area (Å²) in [6.07, 6.45) is 3.44. The Labute approximate surface area is 192 Å². The van der Waals surface area contributed by atoms with Gasteiger partial charge in [-0.05, 0) is 33.6 Å². The number of hydrogen-bond donors (Lipinski definition) is 1. The Morgan fingerprint density at radius 1 is 1.14 bits per heavy atom.